The molecule has 11 heteroatoms. The molecule has 1 amide bonds. The Hall–Kier alpha value is -2.69. The van der Waals surface area contributed by atoms with Crippen molar-refractivity contribution in [3.05, 3.63) is 67.9 Å². The van der Waals surface area contributed by atoms with Crippen LogP contribution in [0.3, 0.4) is 0 Å². The van der Waals surface area contributed by atoms with Crippen LogP contribution in [0, 0.1) is 15.9 Å². The smallest absolute Gasteiger partial charge is 0.378 e. The van der Waals surface area contributed by atoms with Gasteiger partial charge in [-0.2, -0.15) is 13.2 Å². The van der Waals surface area contributed by atoms with E-state index in [1.54, 1.807) is 0 Å². The highest BCUT2D eigenvalue weighted by Crippen LogP contribution is 2.34. The van der Waals surface area contributed by atoms with E-state index in [4.69, 9.17) is 0 Å². The summed E-state index contributed by atoms with van der Waals surface area (Å²) in [6, 6.07) is 5.68. The average Bonchev–Trinajstić information content (AvgIpc) is 2.59. The molecule has 0 heterocycles. The summed E-state index contributed by atoms with van der Waals surface area (Å²) in [6.45, 7) is 0.00480. The second kappa shape index (κ2) is 8.33. The van der Waals surface area contributed by atoms with Gasteiger partial charge in [-0.1, -0.05) is 0 Å². The fraction of sp³-hybridized carbons (Fsp3) is 0.188. The lowest BCUT2D eigenvalue weighted by Crippen LogP contribution is -2.29. The monoisotopic (exact) mass is 449 g/mol. The largest absolute Gasteiger partial charge is 0.416 e. The Bertz CT molecular complexity index is 874. The molecule has 0 aromatic heterocycles. The highest BCUT2D eigenvalue weighted by atomic mass is 79.9. The highest BCUT2D eigenvalue weighted by molar-refractivity contribution is 9.10. The van der Waals surface area contributed by atoms with Gasteiger partial charge in [-0.3, -0.25) is 14.9 Å². The first-order valence-corrected chi connectivity index (χ1v) is 8.21. The number of nitro benzene ring substituents is 1. The van der Waals surface area contributed by atoms with Crippen molar-refractivity contribution in [2.75, 3.05) is 18.4 Å². The first-order chi connectivity index (χ1) is 12.6. The second-order valence-electron chi connectivity index (χ2n) is 5.29. The zero-order valence-corrected chi connectivity index (χ0v) is 15.0. The summed E-state index contributed by atoms with van der Waals surface area (Å²) in [4.78, 5) is 22.0. The number of nitrogens with one attached hydrogen (secondary N) is 2. The number of amides is 1. The minimum Gasteiger partial charge on any atom is -0.378 e. The van der Waals surface area contributed by atoms with Gasteiger partial charge in [0.25, 0.3) is 11.6 Å². The van der Waals surface area contributed by atoms with Crippen molar-refractivity contribution in [1.29, 1.82) is 0 Å². The summed E-state index contributed by atoms with van der Waals surface area (Å²) >= 11 is 3.11. The molecule has 0 aliphatic rings. The van der Waals surface area contributed by atoms with Gasteiger partial charge in [0.2, 0.25) is 0 Å². The molecule has 27 heavy (non-hydrogen) atoms. The maximum absolute atomic E-state index is 13.2. The predicted octanol–water partition coefficient (Wildman–Crippen LogP) is 4.36. The fourth-order valence-electron chi connectivity index (χ4n) is 2.15. The molecule has 0 saturated carbocycles. The zero-order valence-electron chi connectivity index (χ0n) is 13.4. The summed E-state index contributed by atoms with van der Waals surface area (Å²) in [5.41, 5.74) is -1.92. The summed E-state index contributed by atoms with van der Waals surface area (Å²) in [6.07, 6.45) is -4.70. The third kappa shape index (κ3) is 5.39. The van der Waals surface area contributed by atoms with Crippen LogP contribution in [-0.4, -0.2) is 23.9 Å². The Morgan fingerprint density at radius 1 is 1.15 bits per heavy atom. The molecule has 2 aromatic carbocycles. The lowest BCUT2D eigenvalue weighted by atomic mass is 10.1. The molecule has 0 saturated heterocycles. The van der Waals surface area contributed by atoms with Crippen molar-refractivity contribution in [2.45, 2.75) is 6.18 Å². The van der Waals surface area contributed by atoms with E-state index in [1.165, 1.54) is 12.1 Å². The fourth-order valence-corrected chi connectivity index (χ4v) is 2.58. The van der Waals surface area contributed by atoms with Crippen LogP contribution in [0.2, 0.25) is 0 Å². The van der Waals surface area contributed by atoms with E-state index in [1.807, 2.05) is 0 Å². The SMILES string of the molecule is O=C(NCCNc1ccc(C(F)(F)F)cc1[N+](=O)[O-])c1cc(F)ccc1Br. The Kier molecular flexibility index (Phi) is 6.37. The van der Waals surface area contributed by atoms with Gasteiger partial charge in [-0.25, -0.2) is 4.39 Å². The Balaban J connectivity index is 2.00. The molecular weight excluding hydrogens is 438 g/mol. The third-order valence-corrected chi connectivity index (χ3v) is 4.11. The van der Waals surface area contributed by atoms with E-state index < -0.39 is 34.1 Å². The van der Waals surface area contributed by atoms with E-state index >= 15 is 0 Å². The molecule has 0 unspecified atom stereocenters. The van der Waals surface area contributed by atoms with Gasteiger partial charge < -0.3 is 10.6 Å². The number of benzene rings is 2. The van der Waals surface area contributed by atoms with Crippen LogP contribution < -0.4 is 10.6 Å². The van der Waals surface area contributed by atoms with Crippen LogP contribution in [0.5, 0.6) is 0 Å². The normalized spacial score (nSPS) is 11.1. The standard InChI is InChI=1S/C16H12BrF4N3O3/c17-12-3-2-10(18)8-11(12)15(25)23-6-5-22-13-4-1-9(16(19,20)21)7-14(13)24(26)27/h1-4,7-8,22H,5-6H2,(H,23,25). The molecule has 2 aromatic rings. The van der Waals surface area contributed by atoms with Gasteiger partial charge in [0.05, 0.1) is 16.1 Å². The van der Waals surface area contributed by atoms with Crippen LogP contribution >= 0.6 is 15.9 Å². The number of hydrogen-bond donors (Lipinski definition) is 2. The van der Waals surface area contributed by atoms with Crippen molar-refractivity contribution >= 4 is 33.2 Å². The maximum Gasteiger partial charge on any atom is 0.416 e. The van der Waals surface area contributed by atoms with Gasteiger partial charge in [0.1, 0.15) is 11.5 Å². The van der Waals surface area contributed by atoms with Crippen LogP contribution in [0.15, 0.2) is 40.9 Å². The van der Waals surface area contributed by atoms with Crippen molar-refractivity contribution in [1.82, 2.24) is 5.32 Å². The Morgan fingerprint density at radius 2 is 1.85 bits per heavy atom. The average molecular weight is 450 g/mol. The van der Waals surface area contributed by atoms with Crippen molar-refractivity contribution in [2.24, 2.45) is 0 Å². The number of nitro groups is 1. The van der Waals surface area contributed by atoms with Gasteiger partial charge in [0, 0.05) is 23.6 Å². The molecule has 2 rings (SSSR count). The molecule has 0 aliphatic carbocycles. The van der Waals surface area contributed by atoms with E-state index in [0.29, 0.717) is 10.5 Å². The molecule has 6 nitrogen and oxygen atoms in total. The Morgan fingerprint density at radius 3 is 2.48 bits per heavy atom. The molecule has 0 bridgehead atoms. The van der Waals surface area contributed by atoms with E-state index in [-0.39, 0.29) is 24.3 Å². The molecular formula is C16H12BrF4N3O3. The van der Waals surface area contributed by atoms with Crippen molar-refractivity contribution in [3.8, 4) is 0 Å². The first-order valence-electron chi connectivity index (χ1n) is 7.42. The summed E-state index contributed by atoms with van der Waals surface area (Å²) in [5, 5.41) is 16.1. The molecule has 0 aliphatic heterocycles. The molecule has 144 valence electrons. The zero-order chi connectivity index (χ0) is 20.2. The van der Waals surface area contributed by atoms with Crippen LogP contribution in [0.1, 0.15) is 15.9 Å². The van der Waals surface area contributed by atoms with Crippen molar-refractivity contribution in [3.63, 3.8) is 0 Å². The third-order valence-electron chi connectivity index (χ3n) is 3.42. The predicted molar refractivity (Wildman–Crippen MR) is 93.0 cm³/mol. The second-order valence-corrected chi connectivity index (χ2v) is 6.15. The number of carbonyl (C=O) groups excluding carboxylic acids is 1. The van der Waals surface area contributed by atoms with E-state index in [2.05, 4.69) is 26.6 Å². The molecule has 0 atom stereocenters. The topological polar surface area (TPSA) is 84.3 Å². The van der Waals surface area contributed by atoms with Crippen molar-refractivity contribution < 1.29 is 27.3 Å². The van der Waals surface area contributed by atoms with E-state index in [9.17, 15) is 32.5 Å². The molecule has 0 radical (unpaired) electrons. The molecule has 0 fully saturated rings. The molecule has 0 spiro atoms. The Labute approximate surface area is 158 Å². The highest BCUT2D eigenvalue weighted by Gasteiger charge is 2.33. The quantitative estimate of drug-likeness (QED) is 0.297. The first kappa shape index (κ1) is 20.6. The van der Waals surface area contributed by atoms with Gasteiger partial charge >= 0.3 is 6.18 Å². The number of halogens is 5. The van der Waals surface area contributed by atoms with E-state index in [0.717, 1.165) is 18.2 Å². The lowest BCUT2D eigenvalue weighted by Gasteiger charge is -2.11. The minimum atomic E-state index is -4.70. The number of rotatable bonds is 6. The minimum absolute atomic E-state index is 0.0000365. The number of carbonyl (C=O) groups is 1. The van der Waals surface area contributed by atoms with Gasteiger partial charge in [-0.15, -0.1) is 0 Å². The number of hydrogen-bond acceptors (Lipinski definition) is 4. The van der Waals surface area contributed by atoms with Crippen LogP contribution in [-0.2, 0) is 6.18 Å². The van der Waals surface area contributed by atoms with Gasteiger partial charge in [-0.05, 0) is 46.3 Å². The van der Waals surface area contributed by atoms with Crippen LogP contribution in [0.4, 0.5) is 28.9 Å². The summed E-state index contributed by atoms with van der Waals surface area (Å²) in [7, 11) is 0. The maximum atomic E-state index is 13.2. The van der Waals surface area contributed by atoms with Crippen LogP contribution in [0.25, 0.3) is 0 Å². The molecule has 2 N–H and O–H groups in total. The summed E-state index contributed by atoms with van der Waals surface area (Å²) < 4.78 is 51.6. The number of alkyl halides is 3. The lowest BCUT2D eigenvalue weighted by molar-refractivity contribution is -0.384. The summed E-state index contributed by atoms with van der Waals surface area (Å²) in [5.74, 6) is -1.17. The van der Waals surface area contributed by atoms with Gasteiger partial charge in [0.15, 0.2) is 0 Å². The number of anilines is 1. The number of nitrogens with zero attached hydrogens (tertiary/aromatic N) is 1.